The SMILES string of the molecule is Cc1ccc(CN[C@H](C)c2ccccc2)nc1. The molecule has 0 aliphatic heterocycles. The maximum absolute atomic E-state index is 4.38. The summed E-state index contributed by atoms with van der Waals surface area (Å²) in [5, 5.41) is 3.47. The van der Waals surface area contributed by atoms with Gasteiger partial charge in [0.15, 0.2) is 0 Å². The highest BCUT2D eigenvalue weighted by Crippen LogP contribution is 2.11. The van der Waals surface area contributed by atoms with Crippen molar-refractivity contribution in [1.29, 1.82) is 0 Å². The van der Waals surface area contributed by atoms with Crippen LogP contribution < -0.4 is 5.32 Å². The summed E-state index contributed by atoms with van der Waals surface area (Å²) in [4.78, 5) is 4.38. The van der Waals surface area contributed by atoms with Gasteiger partial charge in [-0.3, -0.25) is 4.98 Å². The normalized spacial score (nSPS) is 12.4. The fourth-order valence-electron chi connectivity index (χ4n) is 1.72. The maximum atomic E-state index is 4.38. The van der Waals surface area contributed by atoms with Crippen LogP contribution in [0.15, 0.2) is 48.7 Å². The molecule has 1 atom stereocenters. The highest BCUT2D eigenvalue weighted by Gasteiger charge is 2.03. The molecule has 0 radical (unpaired) electrons. The second kappa shape index (κ2) is 5.60. The van der Waals surface area contributed by atoms with Gasteiger partial charge in [0.2, 0.25) is 0 Å². The highest BCUT2D eigenvalue weighted by molar-refractivity contribution is 5.18. The number of benzene rings is 1. The van der Waals surface area contributed by atoms with E-state index < -0.39 is 0 Å². The molecule has 0 fully saturated rings. The standard InChI is InChI=1S/C15H18N2/c1-12-8-9-15(17-10-12)11-16-13(2)14-6-4-3-5-7-14/h3-10,13,16H,11H2,1-2H3/t13-/m1/s1. The van der Waals surface area contributed by atoms with Crippen molar-refractivity contribution < 1.29 is 0 Å². The zero-order valence-electron chi connectivity index (χ0n) is 10.4. The average molecular weight is 226 g/mol. The molecule has 0 bridgehead atoms. The van der Waals surface area contributed by atoms with E-state index in [4.69, 9.17) is 0 Å². The number of hydrogen-bond donors (Lipinski definition) is 1. The van der Waals surface area contributed by atoms with E-state index in [9.17, 15) is 0 Å². The van der Waals surface area contributed by atoms with Gasteiger partial charge in [-0.15, -0.1) is 0 Å². The van der Waals surface area contributed by atoms with Crippen LogP contribution in [0.2, 0.25) is 0 Å². The van der Waals surface area contributed by atoms with Gasteiger partial charge in [0.05, 0.1) is 5.69 Å². The van der Waals surface area contributed by atoms with Gasteiger partial charge >= 0.3 is 0 Å². The minimum Gasteiger partial charge on any atom is -0.305 e. The summed E-state index contributed by atoms with van der Waals surface area (Å²) in [5.41, 5.74) is 3.59. The number of nitrogens with zero attached hydrogens (tertiary/aromatic N) is 1. The second-order valence-electron chi connectivity index (χ2n) is 4.34. The van der Waals surface area contributed by atoms with Crippen molar-refractivity contribution in [2.24, 2.45) is 0 Å². The third kappa shape index (κ3) is 3.40. The summed E-state index contributed by atoms with van der Waals surface area (Å²) in [5.74, 6) is 0. The van der Waals surface area contributed by atoms with Crippen LogP contribution in [0.5, 0.6) is 0 Å². The molecule has 2 rings (SSSR count). The summed E-state index contributed by atoms with van der Waals surface area (Å²) >= 11 is 0. The zero-order valence-corrected chi connectivity index (χ0v) is 10.4. The van der Waals surface area contributed by atoms with Crippen molar-refractivity contribution in [3.63, 3.8) is 0 Å². The molecule has 2 heteroatoms. The van der Waals surface area contributed by atoms with Crippen LogP contribution in [0.3, 0.4) is 0 Å². The molecule has 1 N–H and O–H groups in total. The van der Waals surface area contributed by atoms with Crippen LogP contribution in [0.25, 0.3) is 0 Å². The molecule has 2 aromatic rings. The van der Waals surface area contributed by atoms with Crippen LogP contribution in [0.1, 0.15) is 29.8 Å². The molecule has 1 aromatic carbocycles. The predicted octanol–water partition coefficient (Wildman–Crippen LogP) is 3.24. The Morgan fingerprint density at radius 2 is 1.88 bits per heavy atom. The molecule has 1 aromatic heterocycles. The van der Waals surface area contributed by atoms with Crippen molar-refractivity contribution in [2.45, 2.75) is 26.4 Å². The average Bonchev–Trinajstić information content (AvgIpc) is 2.39. The fourth-order valence-corrected chi connectivity index (χ4v) is 1.72. The number of hydrogen-bond acceptors (Lipinski definition) is 2. The van der Waals surface area contributed by atoms with Crippen molar-refractivity contribution in [3.05, 3.63) is 65.5 Å². The van der Waals surface area contributed by atoms with Gasteiger partial charge in [-0.2, -0.15) is 0 Å². The summed E-state index contributed by atoms with van der Waals surface area (Å²) in [7, 11) is 0. The second-order valence-corrected chi connectivity index (χ2v) is 4.34. The van der Waals surface area contributed by atoms with E-state index in [1.807, 2.05) is 12.3 Å². The van der Waals surface area contributed by atoms with E-state index in [-0.39, 0.29) is 0 Å². The minimum atomic E-state index is 0.347. The Kier molecular flexibility index (Phi) is 3.89. The molecule has 2 nitrogen and oxygen atoms in total. The lowest BCUT2D eigenvalue weighted by atomic mass is 10.1. The lowest BCUT2D eigenvalue weighted by molar-refractivity contribution is 0.567. The topological polar surface area (TPSA) is 24.9 Å². The van der Waals surface area contributed by atoms with Crippen molar-refractivity contribution in [2.75, 3.05) is 0 Å². The van der Waals surface area contributed by atoms with Gasteiger partial charge < -0.3 is 5.32 Å². The minimum absolute atomic E-state index is 0.347. The molecular formula is C15H18N2. The van der Waals surface area contributed by atoms with E-state index in [0.717, 1.165) is 12.2 Å². The van der Waals surface area contributed by atoms with E-state index in [0.29, 0.717) is 6.04 Å². The monoisotopic (exact) mass is 226 g/mol. The molecule has 88 valence electrons. The molecule has 17 heavy (non-hydrogen) atoms. The Hall–Kier alpha value is -1.67. The van der Waals surface area contributed by atoms with Gasteiger partial charge in [-0.25, -0.2) is 0 Å². The Bertz CT molecular complexity index is 448. The first-order valence-electron chi connectivity index (χ1n) is 5.95. The first-order valence-corrected chi connectivity index (χ1v) is 5.95. The highest BCUT2D eigenvalue weighted by atomic mass is 14.9. The number of nitrogens with one attached hydrogen (secondary N) is 1. The largest absolute Gasteiger partial charge is 0.305 e. The fraction of sp³-hybridized carbons (Fsp3) is 0.267. The summed E-state index contributed by atoms with van der Waals surface area (Å²) in [6.45, 7) is 5.02. The Balaban J connectivity index is 1.92. The summed E-state index contributed by atoms with van der Waals surface area (Å²) in [6.07, 6.45) is 1.91. The van der Waals surface area contributed by atoms with Crippen LogP contribution in [-0.2, 0) is 6.54 Å². The van der Waals surface area contributed by atoms with Crippen LogP contribution in [0.4, 0.5) is 0 Å². The van der Waals surface area contributed by atoms with E-state index in [2.05, 4.69) is 60.5 Å². The quantitative estimate of drug-likeness (QED) is 0.865. The van der Waals surface area contributed by atoms with Crippen molar-refractivity contribution in [3.8, 4) is 0 Å². The lowest BCUT2D eigenvalue weighted by Gasteiger charge is -2.13. The number of pyridine rings is 1. The molecule has 0 saturated carbocycles. The van der Waals surface area contributed by atoms with E-state index in [1.165, 1.54) is 11.1 Å². The molecule has 0 saturated heterocycles. The zero-order chi connectivity index (χ0) is 12.1. The van der Waals surface area contributed by atoms with Crippen LogP contribution in [-0.4, -0.2) is 4.98 Å². The molecule has 0 unspecified atom stereocenters. The summed E-state index contributed by atoms with van der Waals surface area (Å²) < 4.78 is 0. The first-order chi connectivity index (χ1) is 8.25. The van der Waals surface area contributed by atoms with Crippen molar-refractivity contribution in [1.82, 2.24) is 10.3 Å². The Morgan fingerprint density at radius 3 is 2.53 bits per heavy atom. The van der Waals surface area contributed by atoms with Gasteiger partial charge in [0.25, 0.3) is 0 Å². The number of aryl methyl sites for hydroxylation is 1. The van der Waals surface area contributed by atoms with Crippen molar-refractivity contribution >= 4 is 0 Å². The van der Waals surface area contributed by atoms with E-state index >= 15 is 0 Å². The van der Waals surface area contributed by atoms with Gasteiger partial charge in [-0.1, -0.05) is 36.4 Å². The van der Waals surface area contributed by atoms with Crippen LogP contribution in [0, 0.1) is 6.92 Å². The van der Waals surface area contributed by atoms with Gasteiger partial charge in [0.1, 0.15) is 0 Å². The third-order valence-electron chi connectivity index (χ3n) is 2.86. The molecule has 0 amide bonds. The first kappa shape index (κ1) is 11.8. The molecule has 0 spiro atoms. The maximum Gasteiger partial charge on any atom is 0.0542 e. The van der Waals surface area contributed by atoms with Gasteiger partial charge in [-0.05, 0) is 31.0 Å². The molecule has 0 aliphatic rings. The Labute approximate surface area is 103 Å². The number of rotatable bonds is 4. The predicted molar refractivity (Wildman–Crippen MR) is 70.7 cm³/mol. The van der Waals surface area contributed by atoms with Gasteiger partial charge in [0, 0.05) is 18.8 Å². The molecule has 0 aliphatic carbocycles. The van der Waals surface area contributed by atoms with Crippen LogP contribution >= 0.6 is 0 Å². The lowest BCUT2D eigenvalue weighted by Crippen LogP contribution is -2.18. The Morgan fingerprint density at radius 1 is 1.12 bits per heavy atom. The summed E-state index contributed by atoms with van der Waals surface area (Å²) in [6, 6.07) is 15.0. The smallest absolute Gasteiger partial charge is 0.0542 e. The molecule has 1 heterocycles. The molecular weight excluding hydrogens is 208 g/mol. The van der Waals surface area contributed by atoms with E-state index in [1.54, 1.807) is 0 Å². The third-order valence-corrected chi connectivity index (χ3v) is 2.86. The number of aromatic nitrogens is 1.